The molecule has 0 amide bonds. The second-order valence-electron chi connectivity index (χ2n) is 8.67. The van der Waals surface area contributed by atoms with E-state index in [1.807, 2.05) is 73.3 Å². The quantitative estimate of drug-likeness (QED) is 0.204. The number of hydrogen-bond donors (Lipinski definition) is 4. The van der Waals surface area contributed by atoms with Gasteiger partial charge in [-0.2, -0.15) is 0 Å². The van der Waals surface area contributed by atoms with Gasteiger partial charge in [0.05, 0.1) is 22.7 Å². The Morgan fingerprint density at radius 3 is 1.54 bits per heavy atom. The lowest BCUT2D eigenvalue weighted by Gasteiger charge is -2.23. The fourth-order valence-corrected chi connectivity index (χ4v) is 4.40. The largest absolute Gasteiger partial charge is 0.397 e. The monoisotopic (exact) mass is 472 g/mol. The summed E-state index contributed by atoms with van der Waals surface area (Å²) < 4.78 is 4.43. The van der Waals surface area contributed by atoms with Crippen molar-refractivity contribution in [2.75, 3.05) is 22.1 Å². The van der Waals surface area contributed by atoms with E-state index in [0.29, 0.717) is 0 Å². The highest BCUT2D eigenvalue weighted by atomic mass is 15.2. The van der Waals surface area contributed by atoms with Crippen molar-refractivity contribution in [2.24, 2.45) is 0 Å². The number of aromatic nitrogens is 4. The Morgan fingerprint density at radius 2 is 1.14 bits per heavy atom. The molecule has 6 N–H and O–H groups in total. The second kappa shape index (κ2) is 11.5. The van der Waals surface area contributed by atoms with Gasteiger partial charge in [-0.05, 0) is 43.5 Å². The maximum atomic E-state index is 6.15. The summed E-state index contributed by atoms with van der Waals surface area (Å²) in [7, 11) is 0. The van der Waals surface area contributed by atoms with Crippen LogP contribution in [0.1, 0.15) is 57.1 Å². The number of nitrogens with zero attached hydrogens (tertiary/aromatic N) is 4. The molecule has 0 aliphatic carbocycles. The van der Waals surface area contributed by atoms with Crippen LogP contribution < -0.4 is 22.1 Å². The molecule has 0 saturated carbocycles. The first kappa shape index (κ1) is 24.2. The van der Waals surface area contributed by atoms with Crippen LogP contribution in [0, 0.1) is 0 Å². The van der Waals surface area contributed by atoms with E-state index in [1.54, 1.807) is 0 Å². The van der Waals surface area contributed by atoms with Gasteiger partial charge in [0.25, 0.3) is 0 Å². The van der Waals surface area contributed by atoms with Crippen LogP contribution in [0.4, 0.5) is 22.7 Å². The maximum Gasteiger partial charge on any atom is 0.110 e. The van der Waals surface area contributed by atoms with Crippen LogP contribution in [-0.2, 0) is 12.8 Å². The molecule has 2 aromatic carbocycles. The molecule has 8 heteroatoms. The highest BCUT2D eigenvalue weighted by Crippen LogP contribution is 2.25. The summed E-state index contributed by atoms with van der Waals surface area (Å²) in [5.41, 5.74) is 15.7. The van der Waals surface area contributed by atoms with Crippen molar-refractivity contribution < 1.29 is 0 Å². The average Bonchev–Trinajstić information content (AvgIpc) is 3.53. The van der Waals surface area contributed by atoms with Crippen molar-refractivity contribution >= 4 is 22.7 Å². The molecule has 4 rings (SSSR count). The molecule has 184 valence electrons. The third-order valence-corrected chi connectivity index (χ3v) is 6.31. The lowest BCUT2D eigenvalue weighted by Crippen LogP contribution is -2.21. The topological polar surface area (TPSA) is 112 Å². The minimum atomic E-state index is 0.0872. The second-order valence-corrected chi connectivity index (χ2v) is 8.67. The van der Waals surface area contributed by atoms with E-state index in [2.05, 4.69) is 43.6 Å². The molecule has 2 atom stereocenters. The molecule has 35 heavy (non-hydrogen) atoms. The van der Waals surface area contributed by atoms with Crippen LogP contribution in [0.25, 0.3) is 0 Å². The zero-order valence-corrected chi connectivity index (χ0v) is 20.6. The summed E-state index contributed by atoms with van der Waals surface area (Å²) in [6.45, 7) is 4.32. The van der Waals surface area contributed by atoms with Crippen molar-refractivity contribution in [3.63, 3.8) is 0 Å². The van der Waals surface area contributed by atoms with Crippen LogP contribution >= 0.6 is 0 Å². The fourth-order valence-electron chi connectivity index (χ4n) is 4.40. The van der Waals surface area contributed by atoms with Crippen molar-refractivity contribution in [3.05, 3.63) is 85.0 Å². The van der Waals surface area contributed by atoms with Crippen LogP contribution in [-0.4, -0.2) is 19.1 Å². The van der Waals surface area contributed by atoms with Gasteiger partial charge in [-0.1, -0.05) is 38.1 Å². The van der Waals surface area contributed by atoms with Gasteiger partial charge >= 0.3 is 0 Å². The Balaban J connectivity index is 1.40. The van der Waals surface area contributed by atoms with Crippen LogP contribution in [0.2, 0.25) is 0 Å². The Morgan fingerprint density at radius 1 is 0.714 bits per heavy atom. The van der Waals surface area contributed by atoms with E-state index in [-0.39, 0.29) is 12.3 Å². The van der Waals surface area contributed by atoms with Crippen LogP contribution in [0.3, 0.4) is 0 Å². The summed E-state index contributed by atoms with van der Waals surface area (Å²) in [6.07, 6.45) is 12.5. The number of nitrogen functional groups attached to an aromatic ring is 2. The molecular weight excluding hydrogens is 436 g/mol. The SMILES string of the molecule is CCC(Nc1ccccc1N)n1ccnc1CCCc1nccn1C(CC)Nc1ccccc1N. The van der Waals surface area contributed by atoms with E-state index in [0.717, 1.165) is 66.5 Å². The van der Waals surface area contributed by atoms with Gasteiger partial charge in [0.15, 0.2) is 0 Å². The Hall–Kier alpha value is -3.94. The molecule has 0 saturated heterocycles. The predicted octanol–water partition coefficient (Wildman–Crippen LogP) is 5.46. The minimum Gasteiger partial charge on any atom is -0.397 e. The summed E-state index contributed by atoms with van der Waals surface area (Å²) in [5.74, 6) is 2.11. The minimum absolute atomic E-state index is 0.0872. The third-order valence-electron chi connectivity index (χ3n) is 6.31. The third kappa shape index (κ3) is 5.77. The molecule has 2 aromatic heterocycles. The summed E-state index contributed by atoms with van der Waals surface area (Å²) >= 11 is 0. The molecule has 0 fully saturated rings. The average molecular weight is 473 g/mol. The zero-order chi connectivity index (χ0) is 24.6. The van der Waals surface area contributed by atoms with Gasteiger partial charge in [0.1, 0.15) is 24.0 Å². The summed E-state index contributed by atoms with van der Waals surface area (Å²) in [6, 6.07) is 15.7. The first-order chi connectivity index (χ1) is 17.1. The van der Waals surface area contributed by atoms with Gasteiger partial charge in [-0.15, -0.1) is 0 Å². The highest BCUT2D eigenvalue weighted by molar-refractivity contribution is 5.66. The molecule has 0 aliphatic rings. The number of nitrogens with one attached hydrogen (secondary N) is 2. The number of anilines is 4. The van der Waals surface area contributed by atoms with Gasteiger partial charge < -0.3 is 31.2 Å². The van der Waals surface area contributed by atoms with Crippen molar-refractivity contribution in [2.45, 2.75) is 58.3 Å². The lowest BCUT2D eigenvalue weighted by molar-refractivity contribution is 0.503. The summed E-state index contributed by atoms with van der Waals surface area (Å²) in [4.78, 5) is 9.29. The molecule has 0 spiro atoms. The number of hydrogen-bond acceptors (Lipinski definition) is 6. The van der Waals surface area contributed by atoms with E-state index in [9.17, 15) is 0 Å². The first-order valence-electron chi connectivity index (χ1n) is 12.4. The van der Waals surface area contributed by atoms with Gasteiger partial charge in [-0.25, -0.2) is 9.97 Å². The normalized spacial score (nSPS) is 12.9. The predicted molar refractivity (Wildman–Crippen MR) is 144 cm³/mol. The van der Waals surface area contributed by atoms with E-state index >= 15 is 0 Å². The van der Waals surface area contributed by atoms with Crippen molar-refractivity contribution in [1.82, 2.24) is 19.1 Å². The zero-order valence-electron chi connectivity index (χ0n) is 20.6. The molecule has 2 heterocycles. The van der Waals surface area contributed by atoms with Crippen LogP contribution in [0.5, 0.6) is 0 Å². The molecule has 8 nitrogen and oxygen atoms in total. The lowest BCUT2D eigenvalue weighted by atomic mass is 10.2. The fraction of sp³-hybridized carbons (Fsp3) is 0.333. The molecule has 0 bridgehead atoms. The number of aryl methyl sites for hydroxylation is 2. The highest BCUT2D eigenvalue weighted by Gasteiger charge is 2.16. The Labute approximate surface area is 207 Å². The Kier molecular flexibility index (Phi) is 7.92. The maximum absolute atomic E-state index is 6.15. The number of rotatable bonds is 12. The van der Waals surface area contributed by atoms with Crippen molar-refractivity contribution in [1.29, 1.82) is 0 Å². The van der Waals surface area contributed by atoms with Crippen molar-refractivity contribution in [3.8, 4) is 0 Å². The van der Waals surface area contributed by atoms with Gasteiger partial charge in [0.2, 0.25) is 0 Å². The van der Waals surface area contributed by atoms with Gasteiger partial charge in [0, 0.05) is 37.6 Å². The van der Waals surface area contributed by atoms with E-state index < -0.39 is 0 Å². The van der Waals surface area contributed by atoms with E-state index in [4.69, 9.17) is 11.5 Å². The van der Waals surface area contributed by atoms with E-state index in [1.165, 1.54) is 0 Å². The molecule has 2 unspecified atom stereocenters. The standard InChI is InChI=1S/C27H36N8/c1-3-24(32-22-12-7-5-10-20(22)28)34-18-16-30-26(34)14-9-15-27-31-17-19-35(27)25(4-2)33-23-13-8-6-11-21(23)29/h5-8,10-13,16-19,24-25,32-33H,3-4,9,14-15,28-29H2,1-2H3. The molecule has 0 aliphatic heterocycles. The Bertz CT molecular complexity index is 1120. The molecular formula is C27H36N8. The number of para-hydroxylation sites is 4. The molecule has 4 aromatic rings. The number of imidazole rings is 2. The number of benzene rings is 2. The van der Waals surface area contributed by atoms with Crippen LogP contribution in [0.15, 0.2) is 73.3 Å². The number of nitrogens with two attached hydrogens (primary N) is 2. The molecule has 0 radical (unpaired) electrons. The smallest absolute Gasteiger partial charge is 0.110 e. The summed E-state index contributed by atoms with van der Waals surface area (Å²) in [5, 5.41) is 7.13. The first-order valence-corrected chi connectivity index (χ1v) is 12.4. The van der Waals surface area contributed by atoms with Gasteiger partial charge in [-0.3, -0.25) is 0 Å².